The van der Waals surface area contributed by atoms with Gasteiger partial charge in [-0.3, -0.25) is 4.90 Å². The van der Waals surface area contributed by atoms with Crippen molar-refractivity contribution in [2.75, 3.05) is 19.9 Å². The number of benzene rings is 2. The molecule has 132 valence electrons. The molecule has 6 nitrogen and oxygen atoms in total. The van der Waals surface area contributed by atoms with Gasteiger partial charge in [-0.05, 0) is 42.8 Å². The number of likely N-dealkylation sites (tertiary alicyclic amines) is 1. The Morgan fingerprint density at radius 2 is 1.88 bits per heavy atom. The first-order valence-corrected chi connectivity index (χ1v) is 8.85. The fourth-order valence-corrected chi connectivity index (χ4v) is 3.57. The van der Waals surface area contributed by atoms with Crippen molar-refractivity contribution in [1.82, 2.24) is 15.1 Å². The molecule has 0 saturated carbocycles. The molecule has 0 amide bonds. The van der Waals surface area contributed by atoms with Gasteiger partial charge in [-0.1, -0.05) is 24.3 Å². The molecule has 3 heterocycles. The average molecular weight is 349 g/mol. The molecule has 1 fully saturated rings. The van der Waals surface area contributed by atoms with Gasteiger partial charge < -0.3 is 13.9 Å². The third kappa shape index (κ3) is 2.93. The molecule has 2 aliphatic rings. The Morgan fingerprint density at radius 1 is 1.00 bits per heavy atom. The zero-order chi connectivity index (χ0) is 17.3. The number of hydrogen-bond acceptors (Lipinski definition) is 6. The number of ether oxygens (including phenoxy) is 2. The highest BCUT2D eigenvalue weighted by atomic mass is 16.7. The van der Waals surface area contributed by atoms with Crippen LogP contribution in [0.2, 0.25) is 0 Å². The lowest BCUT2D eigenvalue weighted by atomic mass is 10.1. The predicted molar refractivity (Wildman–Crippen MR) is 94.9 cm³/mol. The summed E-state index contributed by atoms with van der Waals surface area (Å²) in [5.41, 5.74) is 2.19. The highest BCUT2D eigenvalue weighted by molar-refractivity contribution is 5.51. The van der Waals surface area contributed by atoms with E-state index in [1.54, 1.807) is 0 Å². The summed E-state index contributed by atoms with van der Waals surface area (Å²) >= 11 is 0. The summed E-state index contributed by atoms with van der Waals surface area (Å²) in [7, 11) is 0. The molecule has 2 aromatic carbocycles. The molecular formula is C20H19N3O3. The first-order valence-electron chi connectivity index (χ1n) is 8.85. The van der Waals surface area contributed by atoms with Crippen molar-refractivity contribution >= 4 is 0 Å². The van der Waals surface area contributed by atoms with E-state index in [4.69, 9.17) is 13.9 Å². The van der Waals surface area contributed by atoms with Crippen LogP contribution in [-0.2, 0) is 6.54 Å². The minimum atomic E-state index is 0.286. The summed E-state index contributed by atoms with van der Waals surface area (Å²) < 4.78 is 16.8. The quantitative estimate of drug-likeness (QED) is 0.719. The topological polar surface area (TPSA) is 60.6 Å². The molecule has 0 aliphatic carbocycles. The van der Waals surface area contributed by atoms with E-state index in [2.05, 4.69) is 27.2 Å². The van der Waals surface area contributed by atoms with E-state index < -0.39 is 0 Å². The Bertz CT molecular complexity index is 910. The van der Waals surface area contributed by atoms with Gasteiger partial charge >= 0.3 is 0 Å². The molecular weight excluding hydrogens is 330 g/mol. The van der Waals surface area contributed by atoms with E-state index in [-0.39, 0.29) is 5.92 Å². The van der Waals surface area contributed by atoms with Crippen LogP contribution in [0.25, 0.3) is 11.5 Å². The van der Waals surface area contributed by atoms with Crippen molar-refractivity contribution in [3.63, 3.8) is 0 Å². The number of hydrogen-bond donors (Lipinski definition) is 0. The highest BCUT2D eigenvalue weighted by Crippen LogP contribution is 2.34. The van der Waals surface area contributed by atoms with Crippen LogP contribution >= 0.6 is 0 Å². The van der Waals surface area contributed by atoms with E-state index in [1.165, 1.54) is 5.56 Å². The summed E-state index contributed by atoms with van der Waals surface area (Å²) in [6.45, 7) is 3.13. The van der Waals surface area contributed by atoms with E-state index in [9.17, 15) is 0 Å². The van der Waals surface area contributed by atoms with Crippen LogP contribution in [0.3, 0.4) is 0 Å². The first kappa shape index (κ1) is 15.4. The van der Waals surface area contributed by atoms with Gasteiger partial charge in [0.1, 0.15) is 0 Å². The van der Waals surface area contributed by atoms with Crippen LogP contribution in [0.5, 0.6) is 11.5 Å². The second-order valence-electron chi connectivity index (χ2n) is 6.72. The third-order valence-corrected chi connectivity index (χ3v) is 4.93. The molecule has 0 unspecified atom stereocenters. The molecule has 3 aromatic rings. The minimum absolute atomic E-state index is 0.286. The normalized spacial score (nSPS) is 19.2. The van der Waals surface area contributed by atoms with Gasteiger partial charge in [0.05, 0.1) is 5.92 Å². The second-order valence-corrected chi connectivity index (χ2v) is 6.72. The summed E-state index contributed by atoms with van der Waals surface area (Å²) in [4.78, 5) is 2.41. The maximum absolute atomic E-state index is 5.93. The lowest BCUT2D eigenvalue weighted by Crippen LogP contribution is -2.19. The zero-order valence-electron chi connectivity index (χ0n) is 14.3. The molecule has 1 aromatic heterocycles. The summed E-state index contributed by atoms with van der Waals surface area (Å²) in [6.07, 6.45) is 1.03. The fourth-order valence-electron chi connectivity index (χ4n) is 3.57. The molecule has 26 heavy (non-hydrogen) atoms. The van der Waals surface area contributed by atoms with Gasteiger partial charge in [0.2, 0.25) is 18.6 Å². The molecule has 0 spiro atoms. The number of fused-ring (bicyclic) bond motifs is 1. The maximum atomic E-state index is 5.93. The Balaban J connectivity index is 1.25. The van der Waals surface area contributed by atoms with Crippen molar-refractivity contribution in [3.05, 3.63) is 60.0 Å². The van der Waals surface area contributed by atoms with Gasteiger partial charge in [0.15, 0.2) is 11.5 Å². The van der Waals surface area contributed by atoms with Crippen LogP contribution < -0.4 is 9.47 Å². The Labute approximate surface area is 151 Å². The van der Waals surface area contributed by atoms with Crippen molar-refractivity contribution in [3.8, 4) is 23.0 Å². The van der Waals surface area contributed by atoms with Gasteiger partial charge in [-0.25, -0.2) is 0 Å². The van der Waals surface area contributed by atoms with Crippen LogP contribution in [0.15, 0.2) is 52.9 Å². The second kappa shape index (κ2) is 6.46. The van der Waals surface area contributed by atoms with E-state index in [0.717, 1.165) is 49.0 Å². The van der Waals surface area contributed by atoms with Crippen LogP contribution in [0, 0.1) is 0 Å². The van der Waals surface area contributed by atoms with Gasteiger partial charge in [0.25, 0.3) is 0 Å². The summed E-state index contributed by atoms with van der Waals surface area (Å²) in [5, 5.41) is 8.50. The number of aromatic nitrogens is 2. The van der Waals surface area contributed by atoms with Crippen molar-refractivity contribution in [2.45, 2.75) is 18.9 Å². The SMILES string of the molecule is c1ccc(-c2nnc([C@H]3CCN(Cc4ccc5c(c4)OCO5)C3)o2)cc1. The van der Waals surface area contributed by atoms with E-state index in [0.29, 0.717) is 12.7 Å². The molecule has 1 saturated heterocycles. The molecule has 5 rings (SSSR count). The monoisotopic (exact) mass is 349 g/mol. The van der Waals surface area contributed by atoms with Crippen molar-refractivity contribution in [2.24, 2.45) is 0 Å². The van der Waals surface area contributed by atoms with Crippen molar-refractivity contribution < 1.29 is 13.9 Å². The van der Waals surface area contributed by atoms with Crippen LogP contribution in [-0.4, -0.2) is 35.0 Å². The van der Waals surface area contributed by atoms with Gasteiger partial charge in [-0.2, -0.15) is 0 Å². The Hall–Kier alpha value is -2.86. The Morgan fingerprint density at radius 3 is 2.81 bits per heavy atom. The highest BCUT2D eigenvalue weighted by Gasteiger charge is 2.28. The van der Waals surface area contributed by atoms with Gasteiger partial charge in [0, 0.05) is 18.7 Å². The molecule has 0 N–H and O–H groups in total. The zero-order valence-corrected chi connectivity index (χ0v) is 14.3. The van der Waals surface area contributed by atoms with Gasteiger partial charge in [-0.15, -0.1) is 10.2 Å². The maximum Gasteiger partial charge on any atom is 0.247 e. The molecule has 2 aliphatic heterocycles. The Kier molecular flexibility index (Phi) is 3.83. The molecule has 6 heteroatoms. The van der Waals surface area contributed by atoms with Crippen LogP contribution in [0.1, 0.15) is 23.8 Å². The van der Waals surface area contributed by atoms with Crippen LogP contribution in [0.4, 0.5) is 0 Å². The lowest BCUT2D eigenvalue weighted by Gasteiger charge is -2.15. The van der Waals surface area contributed by atoms with E-state index >= 15 is 0 Å². The third-order valence-electron chi connectivity index (χ3n) is 4.93. The predicted octanol–water partition coefficient (Wildman–Crippen LogP) is 3.45. The van der Waals surface area contributed by atoms with E-state index in [1.807, 2.05) is 36.4 Å². The van der Waals surface area contributed by atoms with Crippen molar-refractivity contribution in [1.29, 1.82) is 0 Å². The average Bonchev–Trinajstić information content (AvgIpc) is 3.42. The summed E-state index contributed by atoms with van der Waals surface area (Å²) in [5.74, 6) is 3.27. The molecule has 1 atom stereocenters. The smallest absolute Gasteiger partial charge is 0.247 e. The number of rotatable bonds is 4. The fraction of sp³-hybridized carbons (Fsp3) is 0.300. The minimum Gasteiger partial charge on any atom is -0.454 e. The molecule has 0 radical (unpaired) electrons. The largest absolute Gasteiger partial charge is 0.454 e. The number of nitrogens with zero attached hydrogens (tertiary/aromatic N) is 3. The first-order chi connectivity index (χ1) is 12.8. The standard InChI is InChI=1S/C20H19N3O3/c1-2-4-15(5-3-1)19-21-22-20(26-19)16-8-9-23(12-16)11-14-6-7-17-18(10-14)25-13-24-17/h1-7,10,16H,8-9,11-13H2/t16-/m0/s1. The lowest BCUT2D eigenvalue weighted by molar-refractivity contribution is 0.174. The molecule has 0 bridgehead atoms. The summed E-state index contributed by atoms with van der Waals surface area (Å²) in [6, 6.07) is 16.0.